The predicted octanol–water partition coefficient (Wildman–Crippen LogP) is 1.23. The standard InChI is InChI=1S/C19H20N4O3/c24-17(13-23-12-6-8-14-7-4-5-11-16(14)23)21-22-19(26)18(25)20-15-9-2-1-3-10-15/h1-5,7,9-11H,6,8,12-13H2,(H,20,25)(H,21,24)(H,22,26). The van der Waals surface area contributed by atoms with E-state index in [1.165, 1.54) is 5.56 Å². The Morgan fingerprint density at radius 2 is 1.62 bits per heavy atom. The van der Waals surface area contributed by atoms with Crippen LogP contribution in [0.2, 0.25) is 0 Å². The van der Waals surface area contributed by atoms with Crippen LogP contribution in [0.4, 0.5) is 11.4 Å². The first kappa shape index (κ1) is 17.5. The van der Waals surface area contributed by atoms with Gasteiger partial charge in [-0.05, 0) is 36.6 Å². The van der Waals surface area contributed by atoms with E-state index < -0.39 is 11.8 Å². The third-order valence-electron chi connectivity index (χ3n) is 4.09. The van der Waals surface area contributed by atoms with Gasteiger partial charge in [0, 0.05) is 17.9 Å². The van der Waals surface area contributed by atoms with Gasteiger partial charge in [-0.15, -0.1) is 0 Å². The van der Waals surface area contributed by atoms with E-state index in [0.717, 1.165) is 25.1 Å². The van der Waals surface area contributed by atoms with Gasteiger partial charge >= 0.3 is 11.8 Å². The minimum Gasteiger partial charge on any atom is -0.362 e. The van der Waals surface area contributed by atoms with Gasteiger partial charge in [-0.25, -0.2) is 0 Å². The van der Waals surface area contributed by atoms with Crippen LogP contribution >= 0.6 is 0 Å². The Bertz CT molecular complexity index is 807. The summed E-state index contributed by atoms with van der Waals surface area (Å²) in [5.74, 6) is -2.16. The lowest BCUT2D eigenvalue weighted by molar-refractivity contribution is -0.138. The molecule has 2 aromatic carbocycles. The van der Waals surface area contributed by atoms with Gasteiger partial charge in [0.1, 0.15) is 0 Å². The summed E-state index contributed by atoms with van der Waals surface area (Å²) in [6.45, 7) is 0.879. The van der Waals surface area contributed by atoms with Crippen molar-refractivity contribution in [3.8, 4) is 0 Å². The van der Waals surface area contributed by atoms with E-state index in [1.807, 2.05) is 23.1 Å². The van der Waals surface area contributed by atoms with Gasteiger partial charge in [-0.2, -0.15) is 0 Å². The molecule has 1 aliphatic rings. The molecule has 0 aromatic heterocycles. The first-order valence-corrected chi connectivity index (χ1v) is 8.41. The van der Waals surface area contributed by atoms with Crippen molar-refractivity contribution in [1.82, 2.24) is 10.9 Å². The van der Waals surface area contributed by atoms with Gasteiger partial charge in [-0.3, -0.25) is 25.2 Å². The Kier molecular flexibility index (Phi) is 5.48. The summed E-state index contributed by atoms with van der Waals surface area (Å²) in [6.07, 6.45) is 1.96. The van der Waals surface area contributed by atoms with Crippen molar-refractivity contribution in [3.63, 3.8) is 0 Å². The van der Waals surface area contributed by atoms with Crippen LogP contribution in [0, 0.1) is 0 Å². The van der Waals surface area contributed by atoms with Crippen molar-refractivity contribution in [1.29, 1.82) is 0 Å². The Morgan fingerprint density at radius 1 is 0.885 bits per heavy atom. The molecule has 2 aromatic rings. The molecule has 1 aliphatic heterocycles. The number of para-hydroxylation sites is 2. The average molecular weight is 352 g/mol. The first-order valence-electron chi connectivity index (χ1n) is 8.41. The maximum absolute atomic E-state index is 12.1. The quantitative estimate of drug-likeness (QED) is 0.572. The van der Waals surface area contributed by atoms with Crippen LogP contribution in [-0.2, 0) is 20.8 Å². The van der Waals surface area contributed by atoms with Crippen molar-refractivity contribution in [2.45, 2.75) is 12.8 Å². The molecule has 3 rings (SSSR count). The van der Waals surface area contributed by atoms with Crippen molar-refractivity contribution >= 4 is 29.1 Å². The van der Waals surface area contributed by atoms with Crippen molar-refractivity contribution in [2.75, 3.05) is 23.3 Å². The van der Waals surface area contributed by atoms with E-state index in [1.54, 1.807) is 30.3 Å². The number of nitrogens with zero attached hydrogens (tertiary/aromatic N) is 1. The predicted molar refractivity (Wildman–Crippen MR) is 98.3 cm³/mol. The minimum atomic E-state index is -0.929. The molecule has 0 radical (unpaired) electrons. The lowest BCUT2D eigenvalue weighted by Gasteiger charge is -2.30. The second kappa shape index (κ2) is 8.15. The topological polar surface area (TPSA) is 90.5 Å². The molecule has 0 saturated heterocycles. The summed E-state index contributed by atoms with van der Waals surface area (Å²) >= 11 is 0. The number of carbonyl (C=O) groups excluding carboxylic acids is 3. The van der Waals surface area contributed by atoms with E-state index >= 15 is 0 Å². The lowest BCUT2D eigenvalue weighted by atomic mass is 10.0. The lowest BCUT2D eigenvalue weighted by Crippen LogP contribution is -2.50. The molecule has 3 amide bonds. The van der Waals surface area contributed by atoms with Crippen LogP contribution in [0.25, 0.3) is 0 Å². The fourth-order valence-corrected chi connectivity index (χ4v) is 2.88. The SMILES string of the molecule is O=C(CN1CCCc2ccccc21)NNC(=O)C(=O)Nc1ccccc1. The van der Waals surface area contributed by atoms with Crippen LogP contribution < -0.4 is 21.1 Å². The first-order chi connectivity index (χ1) is 12.6. The zero-order valence-electron chi connectivity index (χ0n) is 14.2. The number of benzene rings is 2. The van der Waals surface area contributed by atoms with Crippen molar-refractivity contribution in [2.24, 2.45) is 0 Å². The summed E-state index contributed by atoms with van der Waals surface area (Å²) in [5, 5.41) is 2.45. The van der Waals surface area contributed by atoms with Gasteiger partial charge in [-0.1, -0.05) is 36.4 Å². The number of hydrogen-bond donors (Lipinski definition) is 3. The van der Waals surface area contributed by atoms with E-state index in [9.17, 15) is 14.4 Å². The normalized spacial score (nSPS) is 12.7. The molecular formula is C19H20N4O3. The Balaban J connectivity index is 1.48. The van der Waals surface area contributed by atoms with Crippen LogP contribution in [0.5, 0.6) is 0 Å². The highest BCUT2D eigenvalue weighted by molar-refractivity contribution is 6.39. The molecule has 0 bridgehead atoms. The molecule has 1 heterocycles. The number of rotatable bonds is 3. The maximum atomic E-state index is 12.1. The smallest absolute Gasteiger partial charge is 0.328 e. The molecule has 0 fully saturated rings. The monoisotopic (exact) mass is 352 g/mol. The zero-order valence-corrected chi connectivity index (χ0v) is 14.2. The third kappa shape index (κ3) is 4.38. The molecule has 0 atom stereocenters. The third-order valence-corrected chi connectivity index (χ3v) is 4.09. The number of nitrogens with one attached hydrogen (secondary N) is 3. The second-order valence-corrected chi connectivity index (χ2v) is 5.98. The molecule has 0 aliphatic carbocycles. The number of hydrazine groups is 1. The van der Waals surface area contributed by atoms with E-state index in [-0.39, 0.29) is 12.5 Å². The van der Waals surface area contributed by atoms with E-state index in [2.05, 4.69) is 22.2 Å². The fourth-order valence-electron chi connectivity index (χ4n) is 2.88. The molecule has 3 N–H and O–H groups in total. The van der Waals surface area contributed by atoms with Gasteiger partial charge in [0.05, 0.1) is 6.54 Å². The average Bonchev–Trinajstić information content (AvgIpc) is 2.67. The number of amides is 3. The molecule has 134 valence electrons. The van der Waals surface area contributed by atoms with Gasteiger partial charge in [0.25, 0.3) is 5.91 Å². The number of aryl methyl sites for hydroxylation is 1. The van der Waals surface area contributed by atoms with Crippen molar-refractivity contribution in [3.05, 3.63) is 60.2 Å². The summed E-state index contributed by atoms with van der Waals surface area (Å²) in [5.41, 5.74) is 7.16. The number of anilines is 2. The Labute approximate surface area is 151 Å². The van der Waals surface area contributed by atoms with E-state index in [0.29, 0.717) is 5.69 Å². The highest BCUT2D eigenvalue weighted by Gasteiger charge is 2.20. The Morgan fingerprint density at radius 3 is 2.42 bits per heavy atom. The fraction of sp³-hybridized carbons (Fsp3) is 0.211. The summed E-state index contributed by atoms with van der Waals surface area (Å²) in [6, 6.07) is 16.6. The molecule has 26 heavy (non-hydrogen) atoms. The van der Waals surface area contributed by atoms with Crippen LogP contribution in [0.15, 0.2) is 54.6 Å². The van der Waals surface area contributed by atoms with Crippen LogP contribution in [0.1, 0.15) is 12.0 Å². The van der Waals surface area contributed by atoms with E-state index in [4.69, 9.17) is 0 Å². The van der Waals surface area contributed by atoms with Gasteiger partial charge < -0.3 is 10.2 Å². The molecular weight excluding hydrogens is 332 g/mol. The number of hydrogen-bond acceptors (Lipinski definition) is 4. The summed E-state index contributed by atoms with van der Waals surface area (Å²) in [7, 11) is 0. The molecule has 0 unspecified atom stereocenters. The molecule has 0 saturated carbocycles. The number of fused-ring (bicyclic) bond motifs is 1. The largest absolute Gasteiger partial charge is 0.362 e. The van der Waals surface area contributed by atoms with Gasteiger partial charge in [0.2, 0.25) is 0 Å². The summed E-state index contributed by atoms with van der Waals surface area (Å²) < 4.78 is 0. The number of carbonyl (C=O) groups is 3. The summed E-state index contributed by atoms with van der Waals surface area (Å²) in [4.78, 5) is 37.7. The molecule has 0 spiro atoms. The van der Waals surface area contributed by atoms with Crippen LogP contribution in [0.3, 0.4) is 0 Å². The highest BCUT2D eigenvalue weighted by atomic mass is 16.2. The molecule has 7 heteroatoms. The van der Waals surface area contributed by atoms with Crippen molar-refractivity contribution < 1.29 is 14.4 Å². The molecule has 7 nitrogen and oxygen atoms in total. The maximum Gasteiger partial charge on any atom is 0.328 e. The zero-order chi connectivity index (χ0) is 18.4. The Hall–Kier alpha value is -3.35. The second-order valence-electron chi connectivity index (χ2n) is 5.98. The van der Waals surface area contributed by atoms with Crippen LogP contribution in [-0.4, -0.2) is 30.8 Å². The van der Waals surface area contributed by atoms with Gasteiger partial charge in [0.15, 0.2) is 0 Å². The minimum absolute atomic E-state index is 0.109. The highest BCUT2D eigenvalue weighted by Crippen LogP contribution is 2.26.